The number of anilines is 1. The molecule has 0 aromatic heterocycles. The van der Waals surface area contributed by atoms with Gasteiger partial charge < -0.3 is 15.4 Å². The Labute approximate surface area is 199 Å². The minimum atomic E-state index is -0.199. The molecule has 2 aromatic carbocycles. The summed E-state index contributed by atoms with van der Waals surface area (Å²) in [5.74, 6) is 0.238. The van der Waals surface area contributed by atoms with E-state index in [1.54, 1.807) is 12.1 Å². The standard InChI is InChI=1S/C26H30ClN3O3/c1-33-24-14-23(29-25(31)17-6-7-17)22(27)13-21(24)26(32)28-19-10-11-30(15-19)20-9-8-16-4-2-3-5-18(16)12-20/h2-5,13-14,17,19-20H,6-12,15H2,1H3,(H,28,32)(H,29,31)/t19-,20-/m0/s1. The van der Waals surface area contributed by atoms with Crippen LogP contribution in [0.15, 0.2) is 36.4 Å². The van der Waals surface area contributed by atoms with Crippen LogP contribution in [-0.2, 0) is 17.6 Å². The van der Waals surface area contributed by atoms with Gasteiger partial charge in [-0.15, -0.1) is 0 Å². The number of likely N-dealkylation sites (tertiary alicyclic amines) is 1. The van der Waals surface area contributed by atoms with E-state index in [9.17, 15) is 9.59 Å². The normalized spacial score (nSPS) is 22.5. The van der Waals surface area contributed by atoms with Crippen LogP contribution in [0.5, 0.6) is 5.75 Å². The maximum Gasteiger partial charge on any atom is 0.255 e. The van der Waals surface area contributed by atoms with E-state index in [1.165, 1.54) is 18.2 Å². The quantitative estimate of drug-likeness (QED) is 0.672. The predicted octanol–water partition coefficient (Wildman–Crippen LogP) is 4.06. The van der Waals surface area contributed by atoms with Gasteiger partial charge in [0.2, 0.25) is 5.91 Å². The van der Waals surface area contributed by atoms with Crippen LogP contribution < -0.4 is 15.4 Å². The molecular formula is C26H30ClN3O3. The first kappa shape index (κ1) is 22.2. The predicted molar refractivity (Wildman–Crippen MR) is 129 cm³/mol. The van der Waals surface area contributed by atoms with Crippen LogP contribution >= 0.6 is 11.6 Å². The molecule has 7 heteroatoms. The number of aryl methyl sites for hydroxylation is 1. The molecule has 0 unspecified atom stereocenters. The lowest BCUT2D eigenvalue weighted by atomic mass is 9.88. The number of nitrogens with zero attached hydrogens (tertiary/aromatic N) is 1. The zero-order chi connectivity index (χ0) is 22.9. The maximum atomic E-state index is 13.1. The van der Waals surface area contributed by atoms with Crippen molar-refractivity contribution in [3.63, 3.8) is 0 Å². The minimum Gasteiger partial charge on any atom is -0.496 e. The Kier molecular flexibility index (Phi) is 6.30. The van der Waals surface area contributed by atoms with E-state index in [1.807, 2.05) is 0 Å². The van der Waals surface area contributed by atoms with Gasteiger partial charge in [-0.25, -0.2) is 0 Å². The minimum absolute atomic E-state index is 0.0347. The number of halogens is 1. The van der Waals surface area contributed by atoms with Crippen molar-refractivity contribution in [1.29, 1.82) is 0 Å². The lowest BCUT2D eigenvalue weighted by molar-refractivity contribution is -0.117. The Bertz CT molecular complexity index is 1070. The third kappa shape index (κ3) is 4.87. The third-order valence-electron chi connectivity index (χ3n) is 7.13. The summed E-state index contributed by atoms with van der Waals surface area (Å²) in [5, 5.41) is 6.35. The highest BCUT2D eigenvalue weighted by Crippen LogP contribution is 2.35. The summed E-state index contributed by atoms with van der Waals surface area (Å²) < 4.78 is 5.45. The Morgan fingerprint density at radius 2 is 1.88 bits per heavy atom. The smallest absolute Gasteiger partial charge is 0.255 e. The van der Waals surface area contributed by atoms with Crippen LogP contribution in [0.4, 0.5) is 5.69 Å². The molecule has 33 heavy (non-hydrogen) atoms. The fraction of sp³-hybridized carbons (Fsp3) is 0.462. The maximum absolute atomic E-state index is 13.1. The fourth-order valence-corrected chi connectivity index (χ4v) is 5.28. The molecule has 3 aliphatic rings. The van der Waals surface area contributed by atoms with Gasteiger partial charge in [-0.2, -0.15) is 0 Å². The molecule has 5 rings (SSSR count). The Morgan fingerprint density at radius 1 is 1.09 bits per heavy atom. The lowest BCUT2D eigenvalue weighted by Crippen LogP contribution is -2.41. The molecule has 2 aliphatic carbocycles. The number of rotatable bonds is 6. The van der Waals surface area contributed by atoms with Crippen molar-refractivity contribution in [3.05, 3.63) is 58.1 Å². The lowest BCUT2D eigenvalue weighted by Gasteiger charge is -2.32. The summed E-state index contributed by atoms with van der Waals surface area (Å²) in [4.78, 5) is 27.7. The molecule has 2 aromatic rings. The first-order valence-corrected chi connectivity index (χ1v) is 12.2. The van der Waals surface area contributed by atoms with Gasteiger partial charge in [0.25, 0.3) is 5.91 Å². The second kappa shape index (κ2) is 9.35. The monoisotopic (exact) mass is 467 g/mol. The van der Waals surface area contributed by atoms with E-state index >= 15 is 0 Å². The average Bonchev–Trinajstić information content (AvgIpc) is 3.59. The molecule has 1 heterocycles. The molecule has 1 saturated carbocycles. The highest BCUT2D eigenvalue weighted by atomic mass is 35.5. The molecule has 6 nitrogen and oxygen atoms in total. The van der Waals surface area contributed by atoms with E-state index < -0.39 is 0 Å². The number of amides is 2. The van der Waals surface area contributed by atoms with E-state index in [4.69, 9.17) is 16.3 Å². The SMILES string of the molecule is COc1cc(NC(=O)C2CC2)c(Cl)cc1C(=O)N[C@H]1CCN([C@H]2CCc3ccccc3C2)C1. The van der Waals surface area contributed by atoms with Gasteiger partial charge in [0.15, 0.2) is 0 Å². The third-order valence-corrected chi connectivity index (χ3v) is 7.44. The summed E-state index contributed by atoms with van der Waals surface area (Å²) in [6.07, 6.45) is 6.10. The topological polar surface area (TPSA) is 70.7 Å². The zero-order valence-electron chi connectivity index (χ0n) is 18.9. The molecule has 174 valence electrons. The highest BCUT2D eigenvalue weighted by molar-refractivity contribution is 6.34. The number of methoxy groups -OCH3 is 1. The Balaban J connectivity index is 1.22. The van der Waals surface area contributed by atoms with E-state index in [0.717, 1.165) is 51.6 Å². The van der Waals surface area contributed by atoms with E-state index in [2.05, 4.69) is 39.8 Å². The molecule has 1 aliphatic heterocycles. The summed E-state index contributed by atoms with van der Waals surface area (Å²) in [5.41, 5.74) is 3.79. The van der Waals surface area contributed by atoms with Crippen LogP contribution in [-0.4, -0.2) is 49.0 Å². The Morgan fingerprint density at radius 3 is 2.64 bits per heavy atom. The molecular weight excluding hydrogens is 438 g/mol. The fourth-order valence-electron chi connectivity index (χ4n) is 5.07. The number of benzene rings is 2. The second-order valence-corrected chi connectivity index (χ2v) is 9.82. The van der Waals surface area contributed by atoms with Crippen LogP contribution in [0.1, 0.15) is 47.2 Å². The van der Waals surface area contributed by atoms with Gasteiger partial charge in [-0.3, -0.25) is 14.5 Å². The van der Waals surface area contributed by atoms with Crippen molar-refractivity contribution >= 4 is 29.1 Å². The van der Waals surface area contributed by atoms with Crippen molar-refractivity contribution in [2.24, 2.45) is 5.92 Å². The average molecular weight is 468 g/mol. The summed E-state index contributed by atoms with van der Waals surface area (Å²) in [6.45, 7) is 1.84. The molecule has 2 atom stereocenters. The van der Waals surface area contributed by atoms with Crippen molar-refractivity contribution in [2.45, 2.75) is 50.6 Å². The summed E-state index contributed by atoms with van der Waals surface area (Å²) >= 11 is 6.40. The van der Waals surface area contributed by atoms with Gasteiger partial charge in [0.05, 0.1) is 23.4 Å². The molecule has 2 N–H and O–H groups in total. The second-order valence-electron chi connectivity index (χ2n) is 9.42. The molecule has 1 saturated heterocycles. The number of ether oxygens (including phenoxy) is 1. The van der Waals surface area contributed by atoms with Crippen LogP contribution in [0.2, 0.25) is 5.02 Å². The van der Waals surface area contributed by atoms with Crippen molar-refractivity contribution < 1.29 is 14.3 Å². The molecule has 2 fully saturated rings. The number of carbonyl (C=O) groups is 2. The van der Waals surface area contributed by atoms with Crippen LogP contribution in [0.25, 0.3) is 0 Å². The first-order chi connectivity index (χ1) is 16.0. The molecule has 0 radical (unpaired) electrons. The summed E-state index contributed by atoms with van der Waals surface area (Å²) in [7, 11) is 1.52. The first-order valence-electron chi connectivity index (χ1n) is 11.8. The van der Waals surface area contributed by atoms with Gasteiger partial charge in [-0.1, -0.05) is 35.9 Å². The van der Waals surface area contributed by atoms with E-state index in [0.29, 0.717) is 28.1 Å². The van der Waals surface area contributed by atoms with Crippen LogP contribution in [0.3, 0.4) is 0 Å². The number of nitrogens with one attached hydrogen (secondary N) is 2. The van der Waals surface area contributed by atoms with Gasteiger partial charge in [0.1, 0.15) is 5.75 Å². The van der Waals surface area contributed by atoms with Crippen LogP contribution in [0, 0.1) is 5.92 Å². The van der Waals surface area contributed by atoms with Crippen molar-refractivity contribution in [3.8, 4) is 5.75 Å². The number of fused-ring (bicyclic) bond motifs is 1. The van der Waals surface area contributed by atoms with Gasteiger partial charge in [-0.05, 0) is 55.7 Å². The summed E-state index contributed by atoms with van der Waals surface area (Å²) in [6, 6.07) is 12.6. The van der Waals surface area contributed by atoms with Gasteiger partial charge in [0, 0.05) is 37.2 Å². The van der Waals surface area contributed by atoms with Crippen molar-refractivity contribution in [1.82, 2.24) is 10.2 Å². The number of hydrogen-bond donors (Lipinski definition) is 2. The molecule has 0 bridgehead atoms. The number of hydrogen-bond acceptors (Lipinski definition) is 4. The van der Waals surface area contributed by atoms with E-state index in [-0.39, 0.29) is 23.8 Å². The zero-order valence-corrected chi connectivity index (χ0v) is 19.7. The molecule has 0 spiro atoms. The van der Waals surface area contributed by atoms with Crippen molar-refractivity contribution in [2.75, 3.05) is 25.5 Å². The Hall–Kier alpha value is -2.57. The largest absolute Gasteiger partial charge is 0.496 e. The van der Waals surface area contributed by atoms with Gasteiger partial charge >= 0.3 is 0 Å². The number of carbonyl (C=O) groups excluding carboxylic acids is 2. The highest BCUT2D eigenvalue weighted by Gasteiger charge is 2.32. The molecule has 2 amide bonds.